The van der Waals surface area contributed by atoms with Crippen LogP contribution in [-0.4, -0.2) is 31.8 Å². The largest absolute Gasteiger partial charge is 0.494 e. The predicted molar refractivity (Wildman–Crippen MR) is 68.9 cm³/mol. The van der Waals surface area contributed by atoms with Crippen molar-refractivity contribution in [3.05, 3.63) is 29.8 Å². The van der Waals surface area contributed by atoms with Crippen LogP contribution in [0.5, 0.6) is 5.75 Å². The van der Waals surface area contributed by atoms with E-state index in [1.54, 1.807) is 12.1 Å². The average molecular weight is 249 g/mol. The summed E-state index contributed by atoms with van der Waals surface area (Å²) in [7, 11) is 0. The molecule has 0 aliphatic carbocycles. The standard InChI is InChI=1S/C14H19NO3/c1-2-3-8-18-13-6-4-11(5-7-13)14(16)15-12-9-17-10-12/h4-7,12H,2-3,8-10H2,1H3,(H,15,16). The molecule has 1 aliphatic rings. The molecule has 2 rings (SSSR count). The number of ether oxygens (including phenoxy) is 2. The van der Waals surface area contributed by atoms with E-state index in [4.69, 9.17) is 9.47 Å². The second-order valence-corrected chi connectivity index (χ2v) is 4.43. The lowest BCUT2D eigenvalue weighted by Gasteiger charge is -2.26. The minimum atomic E-state index is -0.0524. The molecule has 0 unspecified atom stereocenters. The van der Waals surface area contributed by atoms with Gasteiger partial charge >= 0.3 is 0 Å². The van der Waals surface area contributed by atoms with Crippen LogP contribution in [-0.2, 0) is 4.74 Å². The lowest BCUT2D eigenvalue weighted by Crippen LogP contribution is -2.48. The second-order valence-electron chi connectivity index (χ2n) is 4.43. The summed E-state index contributed by atoms with van der Waals surface area (Å²) in [4.78, 5) is 11.8. The predicted octanol–water partition coefficient (Wildman–Crippen LogP) is 1.99. The molecule has 1 aliphatic heterocycles. The number of rotatable bonds is 6. The number of unbranched alkanes of at least 4 members (excludes halogenated alkanes) is 1. The van der Waals surface area contributed by atoms with E-state index in [1.165, 1.54) is 0 Å². The van der Waals surface area contributed by atoms with E-state index in [2.05, 4.69) is 12.2 Å². The van der Waals surface area contributed by atoms with Crippen molar-refractivity contribution in [2.24, 2.45) is 0 Å². The van der Waals surface area contributed by atoms with Crippen molar-refractivity contribution >= 4 is 5.91 Å². The first-order chi connectivity index (χ1) is 8.79. The van der Waals surface area contributed by atoms with Gasteiger partial charge in [0.15, 0.2) is 0 Å². The molecule has 0 spiro atoms. The Morgan fingerprint density at radius 2 is 2.11 bits per heavy atom. The lowest BCUT2D eigenvalue weighted by atomic mass is 10.2. The van der Waals surface area contributed by atoms with Crippen molar-refractivity contribution in [1.82, 2.24) is 5.32 Å². The summed E-state index contributed by atoms with van der Waals surface area (Å²) >= 11 is 0. The minimum Gasteiger partial charge on any atom is -0.494 e. The molecule has 1 aromatic rings. The van der Waals surface area contributed by atoms with Crippen molar-refractivity contribution in [3.8, 4) is 5.75 Å². The van der Waals surface area contributed by atoms with Crippen molar-refractivity contribution in [2.75, 3.05) is 19.8 Å². The summed E-state index contributed by atoms with van der Waals surface area (Å²) in [6.07, 6.45) is 2.16. The van der Waals surface area contributed by atoms with E-state index < -0.39 is 0 Å². The van der Waals surface area contributed by atoms with Gasteiger partial charge in [-0.15, -0.1) is 0 Å². The van der Waals surface area contributed by atoms with Gasteiger partial charge in [0.25, 0.3) is 5.91 Å². The molecular formula is C14H19NO3. The maximum Gasteiger partial charge on any atom is 0.251 e. The number of amides is 1. The highest BCUT2D eigenvalue weighted by molar-refractivity contribution is 5.94. The van der Waals surface area contributed by atoms with Crippen LogP contribution in [0.25, 0.3) is 0 Å². The third-order valence-corrected chi connectivity index (χ3v) is 2.86. The molecule has 1 saturated heterocycles. The molecule has 1 fully saturated rings. The Balaban J connectivity index is 1.83. The molecule has 4 heteroatoms. The molecule has 0 saturated carbocycles. The van der Waals surface area contributed by atoms with Gasteiger partial charge in [0, 0.05) is 5.56 Å². The maximum absolute atomic E-state index is 11.8. The van der Waals surface area contributed by atoms with Crippen molar-refractivity contribution in [1.29, 1.82) is 0 Å². The van der Waals surface area contributed by atoms with Crippen LogP contribution in [0.3, 0.4) is 0 Å². The lowest BCUT2D eigenvalue weighted by molar-refractivity contribution is -0.00346. The second kappa shape index (κ2) is 6.40. The fraction of sp³-hybridized carbons (Fsp3) is 0.500. The molecular weight excluding hydrogens is 230 g/mol. The quantitative estimate of drug-likeness (QED) is 0.784. The van der Waals surface area contributed by atoms with Crippen LogP contribution < -0.4 is 10.1 Å². The highest BCUT2D eigenvalue weighted by atomic mass is 16.5. The van der Waals surface area contributed by atoms with Crippen molar-refractivity contribution < 1.29 is 14.3 Å². The van der Waals surface area contributed by atoms with Gasteiger partial charge in [-0.1, -0.05) is 13.3 Å². The summed E-state index contributed by atoms with van der Waals surface area (Å²) in [5, 5.41) is 2.90. The molecule has 98 valence electrons. The van der Waals surface area contributed by atoms with Crippen LogP contribution in [0.1, 0.15) is 30.1 Å². The van der Waals surface area contributed by atoms with E-state index in [0.29, 0.717) is 18.8 Å². The third-order valence-electron chi connectivity index (χ3n) is 2.86. The number of carbonyl (C=O) groups is 1. The normalized spacial score (nSPS) is 14.9. The van der Waals surface area contributed by atoms with E-state index in [1.807, 2.05) is 12.1 Å². The topological polar surface area (TPSA) is 47.6 Å². The minimum absolute atomic E-state index is 0.0524. The fourth-order valence-electron chi connectivity index (χ4n) is 1.62. The number of hydrogen-bond acceptors (Lipinski definition) is 3. The van der Waals surface area contributed by atoms with Gasteiger partial charge in [0.1, 0.15) is 5.75 Å². The fourth-order valence-corrected chi connectivity index (χ4v) is 1.62. The van der Waals surface area contributed by atoms with Gasteiger partial charge in [-0.05, 0) is 30.7 Å². The summed E-state index contributed by atoms with van der Waals surface area (Å²) in [6.45, 7) is 4.08. The van der Waals surface area contributed by atoms with Crippen LogP contribution >= 0.6 is 0 Å². The zero-order chi connectivity index (χ0) is 12.8. The summed E-state index contributed by atoms with van der Waals surface area (Å²) in [5.41, 5.74) is 0.657. The van der Waals surface area contributed by atoms with Crippen LogP contribution in [0.15, 0.2) is 24.3 Å². The molecule has 0 radical (unpaired) electrons. The first-order valence-corrected chi connectivity index (χ1v) is 6.41. The van der Waals surface area contributed by atoms with Gasteiger partial charge < -0.3 is 14.8 Å². The van der Waals surface area contributed by atoms with Crippen LogP contribution in [0.2, 0.25) is 0 Å². The van der Waals surface area contributed by atoms with E-state index in [-0.39, 0.29) is 11.9 Å². The third kappa shape index (κ3) is 3.47. The molecule has 1 heterocycles. The van der Waals surface area contributed by atoms with E-state index in [0.717, 1.165) is 25.2 Å². The Morgan fingerprint density at radius 1 is 1.39 bits per heavy atom. The Morgan fingerprint density at radius 3 is 2.67 bits per heavy atom. The molecule has 1 N–H and O–H groups in total. The number of benzene rings is 1. The highest BCUT2D eigenvalue weighted by Crippen LogP contribution is 2.13. The first kappa shape index (κ1) is 12.9. The first-order valence-electron chi connectivity index (χ1n) is 6.41. The molecule has 0 atom stereocenters. The highest BCUT2D eigenvalue weighted by Gasteiger charge is 2.20. The summed E-state index contributed by atoms with van der Waals surface area (Å²) < 4.78 is 10.6. The molecule has 0 bridgehead atoms. The number of nitrogens with one attached hydrogen (secondary N) is 1. The van der Waals surface area contributed by atoms with Gasteiger partial charge in [0.05, 0.1) is 25.9 Å². The zero-order valence-corrected chi connectivity index (χ0v) is 10.6. The molecule has 1 aromatic carbocycles. The van der Waals surface area contributed by atoms with Gasteiger partial charge in [0.2, 0.25) is 0 Å². The Bertz CT molecular complexity index is 385. The number of carbonyl (C=O) groups excluding carboxylic acids is 1. The Kier molecular flexibility index (Phi) is 4.59. The molecule has 18 heavy (non-hydrogen) atoms. The smallest absolute Gasteiger partial charge is 0.251 e. The zero-order valence-electron chi connectivity index (χ0n) is 10.6. The molecule has 0 aromatic heterocycles. The van der Waals surface area contributed by atoms with Crippen molar-refractivity contribution in [2.45, 2.75) is 25.8 Å². The Labute approximate surface area is 107 Å². The summed E-state index contributed by atoms with van der Waals surface area (Å²) in [6, 6.07) is 7.41. The van der Waals surface area contributed by atoms with Gasteiger partial charge in [-0.25, -0.2) is 0 Å². The van der Waals surface area contributed by atoms with Crippen molar-refractivity contribution in [3.63, 3.8) is 0 Å². The van der Waals surface area contributed by atoms with Crippen LogP contribution in [0.4, 0.5) is 0 Å². The SMILES string of the molecule is CCCCOc1ccc(C(=O)NC2COC2)cc1. The monoisotopic (exact) mass is 249 g/mol. The number of hydrogen-bond donors (Lipinski definition) is 1. The Hall–Kier alpha value is -1.55. The maximum atomic E-state index is 11.8. The summed E-state index contributed by atoms with van der Waals surface area (Å²) in [5.74, 6) is 0.760. The van der Waals surface area contributed by atoms with E-state index >= 15 is 0 Å². The van der Waals surface area contributed by atoms with E-state index in [9.17, 15) is 4.79 Å². The van der Waals surface area contributed by atoms with Gasteiger partial charge in [-0.2, -0.15) is 0 Å². The van der Waals surface area contributed by atoms with Crippen LogP contribution in [0, 0.1) is 0 Å². The molecule has 1 amide bonds. The van der Waals surface area contributed by atoms with Gasteiger partial charge in [-0.3, -0.25) is 4.79 Å². The molecule has 4 nitrogen and oxygen atoms in total. The average Bonchev–Trinajstić information content (AvgIpc) is 2.35.